The van der Waals surface area contributed by atoms with Crippen LogP contribution in [0.25, 0.3) is 0 Å². The van der Waals surface area contributed by atoms with E-state index in [9.17, 15) is 14.7 Å². The molecular weight excluding hydrogens is 543 g/mol. The van der Waals surface area contributed by atoms with Gasteiger partial charge in [0.15, 0.2) is 0 Å². The number of methoxy groups -OCH3 is 1. The van der Waals surface area contributed by atoms with Crippen molar-refractivity contribution in [3.05, 3.63) is 134 Å². The summed E-state index contributed by atoms with van der Waals surface area (Å²) in [6, 6.07) is 29.2. The van der Waals surface area contributed by atoms with Crippen molar-refractivity contribution in [1.29, 1.82) is 0 Å². The number of benzene rings is 3. The van der Waals surface area contributed by atoms with Crippen LogP contribution in [0, 0.1) is 6.92 Å². The summed E-state index contributed by atoms with van der Waals surface area (Å²) in [6.07, 6.45) is 0.0157. The first kappa shape index (κ1) is 26.2. The molecule has 38 heavy (non-hydrogen) atoms. The van der Waals surface area contributed by atoms with E-state index >= 15 is 0 Å². The summed E-state index contributed by atoms with van der Waals surface area (Å²) in [5, 5.41) is 11.7. The normalized spacial score (nSPS) is 19.7. The van der Waals surface area contributed by atoms with Crippen molar-refractivity contribution >= 4 is 15.8 Å². The third-order valence-electron chi connectivity index (χ3n) is 7.17. The van der Waals surface area contributed by atoms with Crippen LogP contribution in [0.2, 0.25) is 5.21 Å². The summed E-state index contributed by atoms with van der Waals surface area (Å²) in [6.45, 7) is 1.65. The average Bonchev–Trinajstić information content (AvgIpc) is 3.32. The first-order valence-electron chi connectivity index (χ1n) is 12.6. The number of rotatable bonds is 8. The molecule has 2 N–H and O–H groups in total. The molecule has 1 aromatic heterocycles. The molecule has 2 heterocycles. The Labute approximate surface area is 227 Å². The second kappa shape index (κ2) is 11.2. The molecule has 1 saturated heterocycles. The number of aromatic nitrogens is 2. The fraction of sp³-hybridized carbons (Fsp3) is 0.267. The van der Waals surface area contributed by atoms with Gasteiger partial charge in [-0.2, -0.15) is 0 Å². The molecule has 0 spiro atoms. The van der Waals surface area contributed by atoms with Gasteiger partial charge in [0, 0.05) is 0 Å². The molecule has 3 aromatic carbocycles. The van der Waals surface area contributed by atoms with E-state index in [2.05, 4.69) is 65.6 Å². The number of H-pyrrole nitrogens is 1. The van der Waals surface area contributed by atoms with E-state index in [1.165, 1.54) is 21.9 Å². The van der Waals surface area contributed by atoms with E-state index < -0.39 is 45.4 Å². The molecule has 1 unspecified atom stereocenters. The van der Waals surface area contributed by atoms with Crippen LogP contribution < -0.4 is 16.0 Å². The second-order valence-electron chi connectivity index (χ2n) is 9.50. The molecule has 0 bridgehead atoms. The maximum atomic E-state index is 12.5. The molecule has 0 radical (unpaired) electrons. The van der Waals surface area contributed by atoms with Crippen molar-refractivity contribution in [2.75, 3.05) is 7.11 Å². The fourth-order valence-electron chi connectivity index (χ4n) is 5.15. The molecule has 1 aliphatic rings. The Balaban J connectivity index is 1.52. The van der Waals surface area contributed by atoms with E-state index in [1.54, 1.807) is 14.0 Å². The van der Waals surface area contributed by atoms with Crippen molar-refractivity contribution in [2.24, 2.45) is 0 Å². The number of aromatic amines is 1. The Morgan fingerprint density at radius 1 is 0.974 bits per heavy atom. The molecule has 7 nitrogen and oxygen atoms in total. The quantitative estimate of drug-likeness (QED) is 0.249. The van der Waals surface area contributed by atoms with E-state index in [1.807, 2.05) is 24.3 Å². The molecule has 5 rings (SSSR count). The van der Waals surface area contributed by atoms with Crippen molar-refractivity contribution < 1.29 is 14.6 Å². The molecular formula is C30H31AsN2O5. The fourth-order valence-corrected chi connectivity index (χ4v) is 9.32. The van der Waals surface area contributed by atoms with Crippen molar-refractivity contribution in [3.63, 3.8) is 0 Å². The predicted molar refractivity (Wildman–Crippen MR) is 148 cm³/mol. The third kappa shape index (κ3) is 5.02. The first-order valence-corrected chi connectivity index (χ1v) is 15.1. The summed E-state index contributed by atoms with van der Waals surface area (Å²) in [4.78, 5) is 26.6. The monoisotopic (exact) mass is 574 g/mol. The summed E-state index contributed by atoms with van der Waals surface area (Å²) >= 11 is -0.883. The zero-order valence-electron chi connectivity index (χ0n) is 21.3. The van der Waals surface area contributed by atoms with Gasteiger partial charge in [-0.25, -0.2) is 0 Å². The van der Waals surface area contributed by atoms with Gasteiger partial charge in [-0.3, -0.25) is 0 Å². The second-order valence-corrected chi connectivity index (χ2v) is 12.7. The van der Waals surface area contributed by atoms with Crippen LogP contribution in [0.15, 0.2) is 101 Å². The van der Waals surface area contributed by atoms with E-state index in [0.29, 0.717) is 10.8 Å². The number of aliphatic hydroxyl groups excluding tert-OH is 1. The van der Waals surface area contributed by atoms with Crippen LogP contribution in [-0.4, -0.2) is 49.7 Å². The van der Waals surface area contributed by atoms with E-state index in [-0.39, 0.29) is 10.6 Å². The molecule has 8 heteroatoms. The standard InChI is InChI=1S/C30H31AsN2O5/c1-20-19-33(29(36)32-28(20)35)27-17-25(34)26(38-27)18-31-30(21-9-5-3-6-10-21,22-11-7-4-8-12-22)23-13-15-24(37-2)16-14-23/h3-16,19,25-27,31,34H,17-18H2,1-2H3,(H,32,35,36)/t25-,26+,27+/m0/s1. The molecule has 0 saturated carbocycles. The minimum absolute atomic E-state index is 0.286. The summed E-state index contributed by atoms with van der Waals surface area (Å²) in [5.41, 5.74) is 3.01. The van der Waals surface area contributed by atoms with Gasteiger partial charge in [-0.1, -0.05) is 0 Å². The van der Waals surface area contributed by atoms with Gasteiger partial charge in [0.05, 0.1) is 0 Å². The Kier molecular flexibility index (Phi) is 7.70. The maximum absolute atomic E-state index is 12.5. The molecule has 4 aromatic rings. The summed E-state index contributed by atoms with van der Waals surface area (Å²) in [7, 11) is 1.66. The Bertz CT molecular complexity index is 1450. The number of hydrogen-bond donors (Lipinski definition) is 2. The van der Waals surface area contributed by atoms with Crippen molar-refractivity contribution in [3.8, 4) is 5.75 Å². The number of aliphatic hydroxyl groups is 1. The van der Waals surface area contributed by atoms with Crippen LogP contribution in [0.5, 0.6) is 5.75 Å². The average molecular weight is 575 g/mol. The van der Waals surface area contributed by atoms with Gasteiger partial charge in [-0.15, -0.1) is 0 Å². The van der Waals surface area contributed by atoms with Crippen LogP contribution in [0.3, 0.4) is 0 Å². The van der Waals surface area contributed by atoms with Crippen molar-refractivity contribution in [1.82, 2.24) is 9.55 Å². The summed E-state index contributed by atoms with van der Waals surface area (Å²) in [5.74, 6) is 0.794. The van der Waals surface area contributed by atoms with Gasteiger partial charge in [0.25, 0.3) is 0 Å². The van der Waals surface area contributed by atoms with Crippen LogP contribution in [-0.2, 0) is 8.94 Å². The molecule has 0 aliphatic carbocycles. The van der Waals surface area contributed by atoms with Gasteiger partial charge < -0.3 is 0 Å². The van der Waals surface area contributed by atoms with Crippen LogP contribution in [0.4, 0.5) is 0 Å². The zero-order valence-corrected chi connectivity index (χ0v) is 23.4. The summed E-state index contributed by atoms with van der Waals surface area (Å²) < 4.78 is 12.7. The van der Waals surface area contributed by atoms with Gasteiger partial charge >= 0.3 is 228 Å². The Hall–Kier alpha value is -3.38. The van der Waals surface area contributed by atoms with Gasteiger partial charge in [-0.05, 0) is 0 Å². The van der Waals surface area contributed by atoms with Crippen LogP contribution in [0.1, 0.15) is 34.9 Å². The van der Waals surface area contributed by atoms with Crippen LogP contribution >= 0.6 is 0 Å². The molecule has 196 valence electrons. The third-order valence-corrected chi connectivity index (χ3v) is 11.4. The first-order chi connectivity index (χ1) is 18.4. The molecule has 4 atom stereocenters. The zero-order chi connectivity index (χ0) is 26.7. The number of ether oxygens (including phenoxy) is 2. The SMILES string of the molecule is COc1ccc(C([AsH]C[C@H]2O[C@@H](n3cc(C)c(=O)[nH]c3=O)C[C@@H]2O)(c2ccccc2)c2ccccc2)cc1. The minimum atomic E-state index is -0.883. The van der Waals surface area contributed by atoms with Gasteiger partial charge in [0.1, 0.15) is 0 Å². The van der Waals surface area contributed by atoms with Gasteiger partial charge in [0.2, 0.25) is 0 Å². The van der Waals surface area contributed by atoms with E-state index in [4.69, 9.17) is 9.47 Å². The number of hydrogen-bond acceptors (Lipinski definition) is 5. The molecule has 1 aliphatic heterocycles. The number of nitrogens with zero attached hydrogens (tertiary/aromatic N) is 1. The van der Waals surface area contributed by atoms with Crippen molar-refractivity contribution in [2.45, 2.75) is 41.2 Å². The molecule has 1 fully saturated rings. The topological polar surface area (TPSA) is 93.5 Å². The predicted octanol–water partition coefficient (Wildman–Crippen LogP) is 3.35. The number of aryl methyl sites for hydroxylation is 1. The van der Waals surface area contributed by atoms with E-state index in [0.717, 1.165) is 11.3 Å². The molecule has 0 amide bonds. The number of nitrogens with one attached hydrogen (secondary N) is 1. The Morgan fingerprint density at radius 2 is 1.55 bits per heavy atom. The Morgan fingerprint density at radius 3 is 2.13 bits per heavy atom.